The Bertz CT molecular complexity index is 829. The van der Waals surface area contributed by atoms with Crippen molar-refractivity contribution in [2.45, 2.75) is 39.1 Å². The van der Waals surface area contributed by atoms with Gasteiger partial charge in [-0.05, 0) is 37.1 Å². The first-order valence-corrected chi connectivity index (χ1v) is 9.91. The van der Waals surface area contributed by atoms with Gasteiger partial charge < -0.3 is 9.30 Å². The summed E-state index contributed by atoms with van der Waals surface area (Å²) in [6.07, 6.45) is 6.87. The number of aromatic nitrogens is 3. The third-order valence-electron chi connectivity index (χ3n) is 4.91. The van der Waals surface area contributed by atoms with E-state index < -0.39 is 0 Å². The van der Waals surface area contributed by atoms with E-state index in [1.165, 1.54) is 10.6 Å². The standard InChI is InChI=1S/C20H24N4OS/c1-16-20(26-15-22-16)13-23-11-18-5-3-8-24(18)19(12-23)6-9-25-14-17-4-2-7-21-10-17/h2-5,7-8,10,15,19H,6,9,11-14H2,1H3/t19-/m0/s1. The van der Waals surface area contributed by atoms with E-state index in [9.17, 15) is 0 Å². The summed E-state index contributed by atoms with van der Waals surface area (Å²) in [7, 11) is 0. The van der Waals surface area contributed by atoms with Crippen molar-refractivity contribution in [2.24, 2.45) is 0 Å². The topological polar surface area (TPSA) is 43.2 Å². The van der Waals surface area contributed by atoms with E-state index >= 15 is 0 Å². The van der Waals surface area contributed by atoms with E-state index in [1.54, 1.807) is 17.5 Å². The maximum atomic E-state index is 5.89. The first-order chi connectivity index (χ1) is 12.8. The van der Waals surface area contributed by atoms with E-state index in [2.05, 4.69) is 50.8 Å². The van der Waals surface area contributed by atoms with Crippen LogP contribution in [0.3, 0.4) is 0 Å². The third kappa shape index (κ3) is 4.03. The van der Waals surface area contributed by atoms with Crippen LogP contribution in [-0.2, 0) is 24.4 Å². The van der Waals surface area contributed by atoms with Crippen LogP contribution in [0.4, 0.5) is 0 Å². The van der Waals surface area contributed by atoms with Crippen molar-refractivity contribution in [1.82, 2.24) is 19.4 Å². The maximum absolute atomic E-state index is 5.89. The van der Waals surface area contributed by atoms with E-state index in [-0.39, 0.29) is 0 Å². The molecular formula is C20H24N4OS. The Morgan fingerprint density at radius 1 is 1.31 bits per heavy atom. The zero-order chi connectivity index (χ0) is 17.8. The van der Waals surface area contributed by atoms with Gasteiger partial charge in [0.05, 0.1) is 17.8 Å². The molecule has 0 amide bonds. The summed E-state index contributed by atoms with van der Waals surface area (Å²) >= 11 is 1.76. The molecule has 3 aromatic rings. The van der Waals surface area contributed by atoms with Crippen LogP contribution < -0.4 is 0 Å². The highest BCUT2D eigenvalue weighted by molar-refractivity contribution is 7.09. The maximum Gasteiger partial charge on any atom is 0.0798 e. The zero-order valence-corrected chi connectivity index (χ0v) is 15.9. The first kappa shape index (κ1) is 17.4. The van der Waals surface area contributed by atoms with Gasteiger partial charge in [0.1, 0.15) is 0 Å². The van der Waals surface area contributed by atoms with Gasteiger partial charge in [-0.25, -0.2) is 4.98 Å². The van der Waals surface area contributed by atoms with Crippen LogP contribution >= 0.6 is 11.3 Å². The molecule has 0 radical (unpaired) electrons. The highest BCUT2D eigenvalue weighted by atomic mass is 32.1. The fourth-order valence-corrected chi connectivity index (χ4v) is 4.34. The number of fused-ring (bicyclic) bond motifs is 1. The Labute approximate surface area is 158 Å². The van der Waals surface area contributed by atoms with E-state index in [1.807, 2.05) is 17.8 Å². The lowest BCUT2D eigenvalue weighted by Crippen LogP contribution is -2.36. The Hall–Kier alpha value is -2.02. The Balaban J connectivity index is 1.35. The van der Waals surface area contributed by atoms with E-state index in [4.69, 9.17) is 4.74 Å². The van der Waals surface area contributed by atoms with Gasteiger partial charge in [0.25, 0.3) is 0 Å². The number of hydrogen-bond acceptors (Lipinski definition) is 5. The molecule has 0 aromatic carbocycles. The highest BCUT2D eigenvalue weighted by Crippen LogP contribution is 2.27. The molecule has 0 spiro atoms. The highest BCUT2D eigenvalue weighted by Gasteiger charge is 2.24. The van der Waals surface area contributed by atoms with Crippen LogP contribution in [0.15, 0.2) is 48.4 Å². The molecule has 4 heterocycles. The number of thiazole rings is 1. The van der Waals surface area contributed by atoms with Crippen molar-refractivity contribution in [3.05, 3.63) is 70.2 Å². The molecular weight excluding hydrogens is 344 g/mol. The quantitative estimate of drug-likeness (QED) is 0.595. The molecule has 0 N–H and O–H groups in total. The second-order valence-electron chi connectivity index (χ2n) is 6.79. The molecule has 0 bridgehead atoms. The van der Waals surface area contributed by atoms with Gasteiger partial charge in [-0.1, -0.05) is 6.07 Å². The summed E-state index contributed by atoms with van der Waals surface area (Å²) in [6, 6.07) is 8.84. The van der Waals surface area contributed by atoms with Gasteiger partial charge in [0.15, 0.2) is 0 Å². The van der Waals surface area contributed by atoms with Gasteiger partial charge in [-0.2, -0.15) is 0 Å². The van der Waals surface area contributed by atoms with Gasteiger partial charge >= 0.3 is 0 Å². The summed E-state index contributed by atoms with van der Waals surface area (Å²) in [6.45, 7) is 6.51. The Morgan fingerprint density at radius 2 is 2.27 bits per heavy atom. The zero-order valence-electron chi connectivity index (χ0n) is 15.0. The molecule has 26 heavy (non-hydrogen) atoms. The van der Waals surface area contributed by atoms with Crippen LogP contribution in [0.1, 0.15) is 34.3 Å². The normalized spacial score (nSPS) is 17.3. The molecule has 5 nitrogen and oxygen atoms in total. The molecule has 0 aliphatic carbocycles. The monoisotopic (exact) mass is 368 g/mol. The molecule has 0 unspecified atom stereocenters. The van der Waals surface area contributed by atoms with Crippen LogP contribution in [0.5, 0.6) is 0 Å². The second-order valence-corrected chi connectivity index (χ2v) is 7.73. The van der Waals surface area contributed by atoms with Gasteiger partial charge in [0, 0.05) is 61.4 Å². The van der Waals surface area contributed by atoms with Crippen LogP contribution in [0, 0.1) is 6.92 Å². The molecule has 1 atom stereocenters. The van der Waals surface area contributed by atoms with Crippen molar-refractivity contribution >= 4 is 11.3 Å². The van der Waals surface area contributed by atoms with Gasteiger partial charge in [-0.15, -0.1) is 11.3 Å². The van der Waals surface area contributed by atoms with Gasteiger partial charge in [0.2, 0.25) is 0 Å². The minimum absolute atomic E-state index is 0.455. The third-order valence-corrected chi connectivity index (χ3v) is 5.83. The van der Waals surface area contributed by atoms with E-state index in [0.29, 0.717) is 12.6 Å². The number of pyridine rings is 1. The van der Waals surface area contributed by atoms with E-state index in [0.717, 1.165) is 43.9 Å². The SMILES string of the molecule is Cc1ncsc1CN1Cc2cccn2[C@@H](CCOCc2cccnc2)C1. The fraction of sp³-hybridized carbons (Fsp3) is 0.400. The predicted octanol–water partition coefficient (Wildman–Crippen LogP) is 3.81. The minimum Gasteiger partial charge on any atom is -0.377 e. The lowest BCUT2D eigenvalue weighted by molar-refractivity contribution is 0.0911. The Kier molecular flexibility index (Phi) is 5.43. The number of ether oxygens (including phenoxy) is 1. The average Bonchev–Trinajstić information content (AvgIpc) is 3.29. The molecule has 136 valence electrons. The van der Waals surface area contributed by atoms with Crippen molar-refractivity contribution < 1.29 is 4.74 Å². The number of hydrogen-bond donors (Lipinski definition) is 0. The summed E-state index contributed by atoms with van der Waals surface area (Å²) in [5.74, 6) is 0. The molecule has 4 rings (SSSR count). The lowest BCUT2D eigenvalue weighted by Gasteiger charge is -2.35. The number of aryl methyl sites for hydroxylation is 1. The molecule has 0 saturated carbocycles. The van der Waals surface area contributed by atoms with Crippen molar-refractivity contribution in [1.29, 1.82) is 0 Å². The summed E-state index contributed by atoms with van der Waals surface area (Å²) in [5, 5.41) is 0. The fourth-order valence-electron chi connectivity index (χ4n) is 3.52. The smallest absolute Gasteiger partial charge is 0.0798 e. The van der Waals surface area contributed by atoms with Crippen molar-refractivity contribution in [2.75, 3.05) is 13.2 Å². The second kappa shape index (κ2) is 8.12. The van der Waals surface area contributed by atoms with Crippen LogP contribution in [0.2, 0.25) is 0 Å². The number of nitrogens with zero attached hydrogens (tertiary/aromatic N) is 4. The first-order valence-electron chi connectivity index (χ1n) is 9.03. The summed E-state index contributed by atoms with van der Waals surface area (Å²) in [4.78, 5) is 12.4. The van der Waals surface area contributed by atoms with Crippen molar-refractivity contribution in [3.63, 3.8) is 0 Å². The van der Waals surface area contributed by atoms with Crippen LogP contribution in [0.25, 0.3) is 0 Å². The summed E-state index contributed by atoms with van der Waals surface area (Å²) in [5.41, 5.74) is 5.62. The molecule has 1 aliphatic rings. The van der Waals surface area contributed by atoms with Gasteiger partial charge in [-0.3, -0.25) is 9.88 Å². The molecule has 6 heteroatoms. The largest absolute Gasteiger partial charge is 0.377 e. The lowest BCUT2D eigenvalue weighted by atomic mass is 10.1. The van der Waals surface area contributed by atoms with Crippen LogP contribution in [-0.4, -0.2) is 32.6 Å². The molecule has 1 aliphatic heterocycles. The molecule has 3 aromatic heterocycles. The summed E-state index contributed by atoms with van der Waals surface area (Å²) < 4.78 is 8.31. The molecule has 0 fully saturated rings. The predicted molar refractivity (Wildman–Crippen MR) is 103 cm³/mol. The molecule has 0 saturated heterocycles. The van der Waals surface area contributed by atoms with Crippen molar-refractivity contribution in [3.8, 4) is 0 Å². The Morgan fingerprint density at radius 3 is 3.08 bits per heavy atom. The number of rotatable bonds is 7. The minimum atomic E-state index is 0.455. The average molecular weight is 369 g/mol.